The van der Waals surface area contributed by atoms with Gasteiger partial charge in [-0.05, 0) is 12.8 Å². The Morgan fingerprint density at radius 3 is 2.64 bits per heavy atom. The van der Waals surface area contributed by atoms with Crippen molar-refractivity contribution >= 4 is 12.3 Å². The minimum Gasteiger partial charge on any atom is -0.466 e. The zero-order valence-electron chi connectivity index (χ0n) is 6.74. The van der Waals surface area contributed by atoms with Crippen molar-refractivity contribution in [3.05, 3.63) is 0 Å². The number of rotatable bonds is 3. The highest BCUT2D eigenvalue weighted by molar-refractivity contribution is 5.82. The molecular weight excluding hydrogens is 144 g/mol. The van der Waals surface area contributed by atoms with E-state index in [1.165, 1.54) is 0 Å². The van der Waals surface area contributed by atoms with E-state index in [0.29, 0.717) is 6.61 Å². The maximum absolute atomic E-state index is 11.0. The van der Waals surface area contributed by atoms with Crippen molar-refractivity contribution in [2.75, 3.05) is 6.61 Å². The minimum atomic E-state index is -0.225. The average molecular weight is 156 g/mol. The number of aldehydes is 1. The zero-order chi connectivity index (χ0) is 8.43. The second kappa shape index (κ2) is 3.03. The maximum atomic E-state index is 11.0. The standard InChI is InChI=1S/C8H12O3/c1-3-11-8(10)7-5(2)6(7)4-9/h4-7H,3H2,1-2H3/t5-,6+,7+/m0/s1. The van der Waals surface area contributed by atoms with Gasteiger partial charge in [0.15, 0.2) is 0 Å². The lowest BCUT2D eigenvalue weighted by atomic mass is 10.3. The monoisotopic (exact) mass is 156 g/mol. The van der Waals surface area contributed by atoms with Crippen LogP contribution in [0.4, 0.5) is 0 Å². The van der Waals surface area contributed by atoms with Crippen molar-refractivity contribution < 1.29 is 14.3 Å². The molecule has 0 amide bonds. The highest BCUT2D eigenvalue weighted by atomic mass is 16.5. The fourth-order valence-electron chi connectivity index (χ4n) is 1.31. The minimum absolute atomic E-state index is 0.0888. The third-order valence-electron chi connectivity index (χ3n) is 2.16. The largest absolute Gasteiger partial charge is 0.466 e. The molecule has 1 aliphatic carbocycles. The first-order valence-electron chi connectivity index (χ1n) is 3.84. The third kappa shape index (κ3) is 1.42. The van der Waals surface area contributed by atoms with Gasteiger partial charge in [0.05, 0.1) is 12.5 Å². The number of carbonyl (C=O) groups excluding carboxylic acids is 2. The molecule has 0 heterocycles. The summed E-state index contributed by atoms with van der Waals surface area (Å²) in [6.45, 7) is 4.05. The lowest BCUT2D eigenvalue weighted by Gasteiger charge is -1.97. The molecule has 3 atom stereocenters. The Morgan fingerprint density at radius 2 is 2.27 bits per heavy atom. The van der Waals surface area contributed by atoms with Gasteiger partial charge < -0.3 is 9.53 Å². The van der Waals surface area contributed by atoms with Crippen LogP contribution in [0, 0.1) is 17.8 Å². The Bertz CT molecular complexity index is 176. The van der Waals surface area contributed by atoms with Gasteiger partial charge in [-0.15, -0.1) is 0 Å². The maximum Gasteiger partial charge on any atom is 0.309 e. The van der Waals surface area contributed by atoms with Crippen LogP contribution < -0.4 is 0 Å². The van der Waals surface area contributed by atoms with Crippen LogP contribution in [0.3, 0.4) is 0 Å². The third-order valence-corrected chi connectivity index (χ3v) is 2.16. The first-order chi connectivity index (χ1) is 5.22. The number of hydrogen-bond acceptors (Lipinski definition) is 3. The van der Waals surface area contributed by atoms with Crippen molar-refractivity contribution in [2.45, 2.75) is 13.8 Å². The average Bonchev–Trinajstić information content (AvgIpc) is 2.61. The van der Waals surface area contributed by atoms with Crippen LogP contribution >= 0.6 is 0 Å². The molecule has 0 spiro atoms. The van der Waals surface area contributed by atoms with Crippen molar-refractivity contribution in [2.24, 2.45) is 17.8 Å². The Kier molecular flexibility index (Phi) is 2.27. The van der Waals surface area contributed by atoms with Crippen LogP contribution in [-0.4, -0.2) is 18.9 Å². The summed E-state index contributed by atoms with van der Waals surface area (Å²) in [6.07, 6.45) is 0.840. The molecule has 0 aromatic rings. The summed E-state index contributed by atoms with van der Waals surface area (Å²) < 4.78 is 4.77. The van der Waals surface area contributed by atoms with E-state index in [-0.39, 0.29) is 23.7 Å². The molecule has 62 valence electrons. The van der Waals surface area contributed by atoms with Crippen LogP contribution in [0.2, 0.25) is 0 Å². The van der Waals surface area contributed by atoms with Crippen molar-refractivity contribution in [1.29, 1.82) is 0 Å². The molecule has 0 saturated heterocycles. The molecule has 1 fully saturated rings. The molecule has 0 aromatic carbocycles. The molecule has 3 nitrogen and oxygen atoms in total. The number of carbonyl (C=O) groups is 2. The summed E-state index contributed by atoms with van der Waals surface area (Å²) in [5.41, 5.74) is 0. The lowest BCUT2D eigenvalue weighted by molar-refractivity contribution is -0.145. The van der Waals surface area contributed by atoms with Crippen LogP contribution in [0.5, 0.6) is 0 Å². The quantitative estimate of drug-likeness (QED) is 0.444. The number of ether oxygens (including phenoxy) is 1. The fourth-order valence-corrected chi connectivity index (χ4v) is 1.31. The Labute approximate surface area is 65.7 Å². The van der Waals surface area contributed by atoms with Gasteiger partial charge in [0, 0.05) is 5.92 Å². The summed E-state index contributed by atoms with van der Waals surface area (Å²) in [6, 6.07) is 0. The van der Waals surface area contributed by atoms with E-state index in [4.69, 9.17) is 4.74 Å². The molecule has 0 aliphatic heterocycles. The molecule has 0 bridgehead atoms. The molecular formula is C8H12O3. The Balaban J connectivity index is 2.39. The lowest BCUT2D eigenvalue weighted by Crippen LogP contribution is -2.08. The number of hydrogen-bond donors (Lipinski definition) is 0. The number of esters is 1. The summed E-state index contributed by atoms with van der Waals surface area (Å²) in [5, 5.41) is 0. The van der Waals surface area contributed by atoms with Gasteiger partial charge in [-0.1, -0.05) is 6.92 Å². The second-order valence-corrected chi connectivity index (χ2v) is 2.85. The fraction of sp³-hybridized carbons (Fsp3) is 0.750. The summed E-state index contributed by atoms with van der Waals surface area (Å²) in [5.74, 6) is -0.287. The van der Waals surface area contributed by atoms with E-state index in [1.807, 2.05) is 6.92 Å². The van der Waals surface area contributed by atoms with E-state index in [2.05, 4.69) is 0 Å². The summed E-state index contributed by atoms with van der Waals surface area (Å²) >= 11 is 0. The first-order valence-corrected chi connectivity index (χ1v) is 3.84. The molecule has 11 heavy (non-hydrogen) atoms. The summed E-state index contributed by atoms with van der Waals surface area (Å²) in [4.78, 5) is 21.3. The highest BCUT2D eigenvalue weighted by Crippen LogP contribution is 2.44. The van der Waals surface area contributed by atoms with Crippen LogP contribution in [0.15, 0.2) is 0 Å². The van der Waals surface area contributed by atoms with Crippen LogP contribution in [0.25, 0.3) is 0 Å². The first kappa shape index (κ1) is 8.24. The molecule has 0 radical (unpaired) electrons. The highest BCUT2D eigenvalue weighted by Gasteiger charge is 2.52. The van der Waals surface area contributed by atoms with Gasteiger partial charge in [-0.25, -0.2) is 0 Å². The molecule has 0 aromatic heterocycles. The predicted octanol–water partition coefficient (Wildman–Crippen LogP) is 0.631. The Morgan fingerprint density at radius 1 is 1.64 bits per heavy atom. The van der Waals surface area contributed by atoms with Crippen molar-refractivity contribution in [1.82, 2.24) is 0 Å². The smallest absolute Gasteiger partial charge is 0.309 e. The zero-order valence-corrected chi connectivity index (χ0v) is 6.74. The normalized spacial score (nSPS) is 34.5. The van der Waals surface area contributed by atoms with Gasteiger partial charge in [-0.3, -0.25) is 4.79 Å². The van der Waals surface area contributed by atoms with Gasteiger partial charge in [0.25, 0.3) is 0 Å². The molecule has 1 aliphatic rings. The van der Waals surface area contributed by atoms with E-state index in [1.54, 1.807) is 6.92 Å². The van der Waals surface area contributed by atoms with Gasteiger partial charge in [0.1, 0.15) is 6.29 Å². The predicted molar refractivity (Wildman–Crippen MR) is 38.8 cm³/mol. The van der Waals surface area contributed by atoms with Crippen LogP contribution in [0.1, 0.15) is 13.8 Å². The van der Waals surface area contributed by atoms with E-state index >= 15 is 0 Å². The SMILES string of the molecule is CCOC(=O)[C@@H]1[C@@H](C)[C@H]1C=O. The second-order valence-electron chi connectivity index (χ2n) is 2.85. The van der Waals surface area contributed by atoms with Crippen LogP contribution in [-0.2, 0) is 14.3 Å². The van der Waals surface area contributed by atoms with E-state index < -0.39 is 0 Å². The summed E-state index contributed by atoms with van der Waals surface area (Å²) in [7, 11) is 0. The van der Waals surface area contributed by atoms with E-state index in [9.17, 15) is 9.59 Å². The molecule has 1 saturated carbocycles. The molecule has 0 N–H and O–H groups in total. The van der Waals surface area contributed by atoms with E-state index in [0.717, 1.165) is 6.29 Å². The Hall–Kier alpha value is -0.860. The van der Waals surface area contributed by atoms with Crippen molar-refractivity contribution in [3.8, 4) is 0 Å². The van der Waals surface area contributed by atoms with Crippen molar-refractivity contribution in [3.63, 3.8) is 0 Å². The van der Waals surface area contributed by atoms with Gasteiger partial charge in [-0.2, -0.15) is 0 Å². The topological polar surface area (TPSA) is 43.4 Å². The molecule has 0 unspecified atom stereocenters. The molecule has 1 rings (SSSR count). The van der Waals surface area contributed by atoms with Gasteiger partial charge in [0.2, 0.25) is 0 Å². The van der Waals surface area contributed by atoms with Gasteiger partial charge >= 0.3 is 5.97 Å². The molecule has 3 heteroatoms.